The summed E-state index contributed by atoms with van der Waals surface area (Å²) in [5.74, 6) is -0.338. The third kappa shape index (κ3) is 3.27. The molecule has 0 unspecified atom stereocenters. The number of rotatable bonds is 3. The Hall–Kier alpha value is -2.44. The van der Waals surface area contributed by atoms with E-state index in [1.165, 1.54) is 21.7 Å². The molecule has 2 amide bonds. The van der Waals surface area contributed by atoms with Crippen molar-refractivity contribution in [1.82, 2.24) is 25.2 Å². The Morgan fingerprint density at radius 2 is 2.26 bits per heavy atom. The molecule has 100 valence electrons. The number of aromatic nitrogens is 3. The number of carbonyl (C=O) groups excluding carboxylic acids is 1. The van der Waals surface area contributed by atoms with E-state index in [0.29, 0.717) is 11.4 Å². The van der Waals surface area contributed by atoms with Gasteiger partial charge in [0.15, 0.2) is 0 Å². The lowest BCUT2D eigenvalue weighted by Gasteiger charge is -2.10. The number of nitrogens with one attached hydrogen (secondary N) is 1. The molecular weight excluding hydrogens is 249 g/mol. The van der Waals surface area contributed by atoms with Crippen LogP contribution in [0.4, 0.5) is 9.18 Å². The van der Waals surface area contributed by atoms with Crippen LogP contribution in [-0.2, 0) is 6.54 Å². The molecule has 1 aromatic carbocycles. The van der Waals surface area contributed by atoms with Gasteiger partial charge in [0.1, 0.15) is 11.5 Å². The number of urea groups is 1. The van der Waals surface area contributed by atoms with Gasteiger partial charge in [0, 0.05) is 14.1 Å². The minimum Gasteiger partial charge on any atom is -0.332 e. The summed E-state index contributed by atoms with van der Waals surface area (Å²) in [6.45, 7) is 0.270. The third-order valence-electron chi connectivity index (χ3n) is 2.44. The first-order chi connectivity index (χ1) is 9.06. The van der Waals surface area contributed by atoms with Crippen molar-refractivity contribution in [1.29, 1.82) is 0 Å². The van der Waals surface area contributed by atoms with Gasteiger partial charge in [-0.05, 0) is 18.2 Å². The molecular formula is C12H14FN5O. The van der Waals surface area contributed by atoms with Crippen LogP contribution >= 0.6 is 0 Å². The van der Waals surface area contributed by atoms with Gasteiger partial charge in [0.2, 0.25) is 0 Å². The lowest BCUT2D eigenvalue weighted by molar-refractivity contribution is 0.217. The maximum absolute atomic E-state index is 13.1. The Labute approximate surface area is 109 Å². The smallest absolute Gasteiger partial charge is 0.317 e. The minimum absolute atomic E-state index is 0.208. The van der Waals surface area contributed by atoms with Gasteiger partial charge in [-0.15, -0.1) is 5.10 Å². The second-order valence-corrected chi connectivity index (χ2v) is 4.19. The zero-order chi connectivity index (χ0) is 13.8. The van der Waals surface area contributed by atoms with Gasteiger partial charge in [-0.2, -0.15) is 0 Å². The molecule has 1 aromatic heterocycles. The van der Waals surface area contributed by atoms with E-state index in [1.54, 1.807) is 32.4 Å². The number of benzene rings is 1. The standard InChI is InChI=1S/C12H14FN5O/c1-17(2)12(19)14-7-10-8-18(16-15-10)11-5-3-4-9(13)6-11/h3-6,8H,7H2,1-2H3,(H,14,19). The molecule has 0 spiro atoms. The molecule has 6 nitrogen and oxygen atoms in total. The summed E-state index contributed by atoms with van der Waals surface area (Å²) >= 11 is 0. The summed E-state index contributed by atoms with van der Waals surface area (Å²) < 4.78 is 14.5. The van der Waals surface area contributed by atoms with E-state index in [0.717, 1.165) is 0 Å². The quantitative estimate of drug-likeness (QED) is 0.904. The Morgan fingerprint density at radius 1 is 1.47 bits per heavy atom. The van der Waals surface area contributed by atoms with E-state index in [-0.39, 0.29) is 18.4 Å². The molecule has 19 heavy (non-hydrogen) atoms. The predicted molar refractivity (Wildman–Crippen MR) is 67.2 cm³/mol. The molecule has 2 aromatic rings. The molecule has 1 heterocycles. The van der Waals surface area contributed by atoms with Gasteiger partial charge in [0.05, 0.1) is 18.4 Å². The number of nitrogens with zero attached hydrogens (tertiary/aromatic N) is 4. The molecule has 0 saturated carbocycles. The van der Waals surface area contributed by atoms with Gasteiger partial charge in [-0.1, -0.05) is 11.3 Å². The topological polar surface area (TPSA) is 63.1 Å². The molecule has 0 aliphatic rings. The molecule has 0 aliphatic heterocycles. The molecule has 0 aliphatic carbocycles. The fraction of sp³-hybridized carbons (Fsp3) is 0.250. The molecule has 0 radical (unpaired) electrons. The zero-order valence-corrected chi connectivity index (χ0v) is 10.7. The summed E-state index contributed by atoms with van der Waals surface area (Å²) in [6.07, 6.45) is 1.64. The number of amides is 2. The normalized spacial score (nSPS) is 10.3. The molecule has 0 atom stereocenters. The van der Waals surface area contributed by atoms with Crippen LogP contribution in [-0.4, -0.2) is 40.0 Å². The summed E-state index contributed by atoms with van der Waals surface area (Å²) in [4.78, 5) is 12.8. The minimum atomic E-state index is -0.338. The summed E-state index contributed by atoms with van der Waals surface area (Å²) in [7, 11) is 3.30. The average molecular weight is 263 g/mol. The Bertz CT molecular complexity index is 581. The van der Waals surface area contributed by atoms with Crippen LogP contribution in [0.25, 0.3) is 5.69 Å². The van der Waals surface area contributed by atoms with Crippen LogP contribution in [0.3, 0.4) is 0 Å². The average Bonchev–Trinajstić information content (AvgIpc) is 2.84. The number of hydrogen-bond donors (Lipinski definition) is 1. The Balaban J connectivity index is 2.05. The lowest BCUT2D eigenvalue weighted by Crippen LogP contribution is -2.34. The van der Waals surface area contributed by atoms with Crippen molar-refractivity contribution in [3.8, 4) is 5.69 Å². The highest BCUT2D eigenvalue weighted by Gasteiger charge is 2.06. The van der Waals surface area contributed by atoms with Crippen LogP contribution in [0.2, 0.25) is 0 Å². The molecule has 0 bridgehead atoms. The maximum atomic E-state index is 13.1. The van der Waals surface area contributed by atoms with Crippen molar-refractivity contribution in [3.63, 3.8) is 0 Å². The zero-order valence-electron chi connectivity index (χ0n) is 10.7. The van der Waals surface area contributed by atoms with Crippen molar-refractivity contribution >= 4 is 6.03 Å². The predicted octanol–water partition coefficient (Wildman–Crippen LogP) is 1.18. The molecule has 0 saturated heterocycles. The summed E-state index contributed by atoms with van der Waals surface area (Å²) in [5.41, 5.74) is 1.18. The van der Waals surface area contributed by atoms with Gasteiger partial charge in [0.25, 0.3) is 0 Å². The summed E-state index contributed by atoms with van der Waals surface area (Å²) in [6, 6.07) is 5.83. The van der Waals surface area contributed by atoms with Crippen LogP contribution in [0, 0.1) is 5.82 Å². The number of hydrogen-bond acceptors (Lipinski definition) is 3. The lowest BCUT2D eigenvalue weighted by atomic mass is 10.3. The van der Waals surface area contributed by atoms with E-state index in [2.05, 4.69) is 15.6 Å². The first-order valence-corrected chi connectivity index (χ1v) is 5.68. The first kappa shape index (κ1) is 13.0. The van der Waals surface area contributed by atoms with Gasteiger partial charge >= 0.3 is 6.03 Å². The largest absolute Gasteiger partial charge is 0.332 e. The van der Waals surface area contributed by atoms with Crippen molar-refractivity contribution in [2.75, 3.05) is 14.1 Å². The number of halogens is 1. The third-order valence-corrected chi connectivity index (χ3v) is 2.44. The molecule has 7 heteroatoms. The van der Waals surface area contributed by atoms with E-state index in [1.807, 2.05) is 0 Å². The first-order valence-electron chi connectivity index (χ1n) is 5.68. The van der Waals surface area contributed by atoms with E-state index < -0.39 is 0 Å². The van der Waals surface area contributed by atoms with Crippen LogP contribution in [0.15, 0.2) is 30.5 Å². The SMILES string of the molecule is CN(C)C(=O)NCc1cn(-c2cccc(F)c2)nn1. The van der Waals surface area contributed by atoms with Crippen LogP contribution < -0.4 is 5.32 Å². The highest BCUT2D eigenvalue weighted by atomic mass is 19.1. The Morgan fingerprint density at radius 3 is 2.95 bits per heavy atom. The fourth-order valence-corrected chi connectivity index (χ4v) is 1.45. The van der Waals surface area contributed by atoms with Crippen molar-refractivity contribution in [3.05, 3.63) is 42.0 Å². The highest BCUT2D eigenvalue weighted by molar-refractivity contribution is 5.73. The second kappa shape index (κ2) is 5.47. The van der Waals surface area contributed by atoms with Gasteiger partial charge < -0.3 is 10.2 Å². The Kier molecular flexibility index (Phi) is 3.74. The highest BCUT2D eigenvalue weighted by Crippen LogP contribution is 2.08. The van der Waals surface area contributed by atoms with E-state index >= 15 is 0 Å². The molecule has 2 rings (SSSR count). The monoisotopic (exact) mass is 263 g/mol. The second-order valence-electron chi connectivity index (χ2n) is 4.19. The van der Waals surface area contributed by atoms with Crippen molar-refractivity contribution < 1.29 is 9.18 Å². The van der Waals surface area contributed by atoms with Crippen molar-refractivity contribution in [2.24, 2.45) is 0 Å². The van der Waals surface area contributed by atoms with Crippen LogP contribution in [0.5, 0.6) is 0 Å². The fourth-order valence-electron chi connectivity index (χ4n) is 1.45. The maximum Gasteiger partial charge on any atom is 0.317 e. The van der Waals surface area contributed by atoms with Gasteiger partial charge in [-0.25, -0.2) is 13.9 Å². The number of carbonyl (C=O) groups is 1. The van der Waals surface area contributed by atoms with Crippen LogP contribution in [0.1, 0.15) is 5.69 Å². The molecule has 0 fully saturated rings. The molecule has 1 N–H and O–H groups in total. The van der Waals surface area contributed by atoms with E-state index in [9.17, 15) is 9.18 Å². The summed E-state index contributed by atoms with van der Waals surface area (Å²) in [5, 5.41) is 10.5. The van der Waals surface area contributed by atoms with Gasteiger partial charge in [-0.3, -0.25) is 0 Å². The van der Waals surface area contributed by atoms with Crippen molar-refractivity contribution in [2.45, 2.75) is 6.54 Å². The van der Waals surface area contributed by atoms with E-state index in [4.69, 9.17) is 0 Å².